The van der Waals surface area contributed by atoms with E-state index in [1.165, 1.54) is 0 Å². The Morgan fingerprint density at radius 1 is 1.35 bits per heavy atom. The fraction of sp³-hybridized carbons (Fsp3) is 0.562. The number of guanidine groups is 1. The third-order valence-corrected chi connectivity index (χ3v) is 5.10. The number of ether oxygens (including phenoxy) is 2. The molecule has 3 N–H and O–H groups in total. The van der Waals surface area contributed by atoms with E-state index in [0.29, 0.717) is 13.1 Å². The van der Waals surface area contributed by atoms with E-state index < -0.39 is 5.60 Å². The first-order chi connectivity index (χ1) is 11.2. The summed E-state index contributed by atoms with van der Waals surface area (Å²) in [5, 5.41) is 16.9. The van der Waals surface area contributed by atoms with E-state index in [2.05, 4.69) is 15.6 Å². The van der Waals surface area contributed by atoms with Crippen molar-refractivity contribution in [1.82, 2.24) is 10.6 Å². The number of aliphatic hydroxyl groups is 1. The van der Waals surface area contributed by atoms with Crippen molar-refractivity contribution in [3.8, 4) is 11.5 Å². The average molecular weight is 337 g/mol. The first kappa shape index (κ1) is 16.3. The van der Waals surface area contributed by atoms with Crippen molar-refractivity contribution in [3.63, 3.8) is 0 Å². The summed E-state index contributed by atoms with van der Waals surface area (Å²) in [6.45, 7) is 4.15. The van der Waals surface area contributed by atoms with Gasteiger partial charge in [0.2, 0.25) is 6.79 Å². The number of aliphatic imine (C=N–C) groups is 1. The standard InChI is InChI=1S/C16H23N3O3S/c1-2-17-15(19-9-16(20)5-6-23-10-16)18-8-12-3-4-13-14(7-12)22-11-21-13/h3-4,7,20H,2,5-6,8-11H2,1H3,(H2,17,18,19). The van der Waals surface area contributed by atoms with Crippen molar-refractivity contribution >= 4 is 17.7 Å². The van der Waals surface area contributed by atoms with E-state index in [4.69, 9.17) is 9.47 Å². The summed E-state index contributed by atoms with van der Waals surface area (Å²) in [6.07, 6.45) is 0.826. The van der Waals surface area contributed by atoms with Gasteiger partial charge in [-0.1, -0.05) is 6.07 Å². The van der Waals surface area contributed by atoms with Crippen LogP contribution in [0.5, 0.6) is 11.5 Å². The molecule has 23 heavy (non-hydrogen) atoms. The summed E-state index contributed by atoms with van der Waals surface area (Å²) in [5.74, 6) is 4.07. The second-order valence-corrected chi connectivity index (χ2v) is 6.87. The van der Waals surface area contributed by atoms with Crippen LogP contribution in [0, 0.1) is 0 Å². The van der Waals surface area contributed by atoms with Crippen molar-refractivity contribution in [2.75, 3.05) is 31.4 Å². The normalized spacial score (nSPS) is 23.1. The Labute approximate surface area is 140 Å². The molecule has 0 spiro atoms. The maximum atomic E-state index is 10.4. The first-order valence-electron chi connectivity index (χ1n) is 7.89. The smallest absolute Gasteiger partial charge is 0.231 e. The van der Waals surface area contributed by atoms with E-state index in [1.54, 1.807) is 11.8 Å². The van der Waals surface area contributed by atoms with Crippen LogP contribution in [0.3, 0.4) is 0 Å². The summed E-state index contributed by atoms with van der Waals surface area (Å²) < 4.78 is 10.7. The van der Waals surface area contributed by atoms with Gasteiger partial charge in [-0.2, -0.15) is 11.8 Å². The Kier molecular flexibility index (Phi) is 5.17. The SMILES string of the molecule is CCNC(=NCc1ccc2c(c1)OCO2)NCC1(O)CCSC1. The second-order valence-electron chi connectivity index (χ2n) is 5.76. The molecule has 1 aromatic carbocycles. The summed E-state index contributed by atoms with van der Waals surface area (Å²) in [7, 11) is 0. The Balaban J connectivity index is 1.59. The highest BCUT2D eigenvalue weighted by Crippen LogP contribution is 2.32. The maximum absolute atomic E-state index is 10.4. The molecule has 1 atom stereocenters. The molecule has 0 aliphatic carbocycles. The average Bonchev–Trinajstić information content (AvgIpc) is 3.19. The molecular weight excluding hydrogens is 314 g/mol. The topological polar surface area (TPSA) is 75.1 Å². The highest BCUT2D eigenvalue weighted by molar-refractivity contribution is 7.99. The maximum Gasteiger partial charge on any atom is 0.231 e. The number of hydrogen-bond acceptors (Lipinski definition) is 5. The Morgan fingerprint density at radius 3 is 3.00 bits per heavy atom. The predicted molar refractivity (Wildman–Crippen MR) is 92.3 cm³/mol. The van der Waals surface area contributed by atoms with Crippen molar-refractivity contribution < 1.29 is 14.6 Å². The van der Waals surface area contributed by atoms with Gasteiger partial charge in [0.25, 0.3) is 0 Å². The molecule has 3 rings (SSSR count). The van der Waals surface area contributed by atoms with Crippen molar-refractivity contribution in [2.45, 2.75) is 25.5 Å². The number of thioether (sulfide) groups is 1. The summed E-state index contributed by atoms with van der Waals surface area (Å²) in [5.41, 5.74) is 0.432. The zero-order valence-corrected chi connectivity index (χ0v) is 14.1. The van der Waals surface area contributed by atoms with Gasteiger partial charge in [0, 0.05) is 18.8 Å². The van der Waals surface area contributed by atoms with Gasteiger partial charge in [0.15, 0.2) is 17.5 Å². The van der Waals surface area contributed by atoms with E-state index >= 15 is 0 Å². The molecule has 126 valence electrons. The minimum absolute atomic E-state index is 0.281. The quantitative estimate of drug-likeness (QED) is 0.556. The lowest BCUT2D eigenvalue weighted by molar-refractivity contribution is 0.0724. The van der Waals surface area contributed by atoms with Crippen LogP contribution in [0.15, 0.2) is 23.2 Å². The molecule has 0 aromatic heterocycles. The lowest BCUT2D eigenvalue weighted by atomic mass is 10.0. The van der Waals surface area contributed by atoms with Crippen molar-refractivity contribution in [2.24, 2.45) is 4.99 Å². The number of nitrogens with zero attached hydrogens (tertiary/aromatic N) is 1. The number of nitrogens with one attached hydrogen (secondary N) is 2. The fourth-order valence-corrected chi connectivity index (χ4v) is 3.83. The number of fused-ring (bicyclic) bond motifs is 1. The second kappa shape index (κ2) is 7.31. The Hall–Kier alpha value is -1.60. The van der Waals surface area contributed by atoms with Gasteiger partial charge in [-0.05, 0) is 36.8 Å². The predicted octanol–water partition coefficient (Wildman–Crippen LogP) is 1.34. The Bertz CT molecular complexity index is 574. The van der Waals surface area contributed by atoms with Crippen LogP contribution in [-0.2, 0) is 6.54 Å². The summed E-state index contributed by atoms with van der Waals surface area (Å²) in [6, 6.07) is 5.85. The molecule has 2 aliphatic rings. The zero-order chi connectivity index (χ0) is 16.1. The van der Waals surface area contributed by atoms with Crippen LogP contribution >= 0.6 is 11.8 Å². The van der Waals surface area contributed by atoms with Gasteiger partial charge < -0.3 is 25.2 Å². The molecule has 2 aliphatic heterocycles. The molecule has 1 saturated heterocycles. The van der Waals surface area contributed by atoms with Gasteiger partial charge in [-0.25, -0.2) is 4.99 Å². The van der Waals surface area contributed by atoms with Gasteiger partial charge in [0.1, 0.15) is 0 Å². The minimum Gasteiger partial charge on any atom is -0.454 e. The lowest BCUT2D eigenvalue weighted by Crippen LogP contribution is -2.47. The highest BCUT2D eigenvalue weighted by Gasteiger charge is 2.31. The van der Waals surface area contributed by atoms with Gasteiger partial charge in [-0.15, -0.1) is 0 Å². The van der Waals surface area contributed by atoms with E-state index in [0.717, 1.165) is 47.5 Å². The van der Waals surface area contributed by atoms with Crippen LogP contribution in [0.2, 0.25) is 0 Å². The van der Waals surface area contributed by atoms with Crippen LogP contribution in [0.4, 0.5) is 0 Å². The highest BCUT2D eigenvalue weighted by atomic mass is 32.2. The van der Waals surface area contributed by atoms with Gasteiger partial charge in [0.05, 0.1) is 12.1 Å². The number of benzene rings is 1. The molecule has 0 saturated carbocycles. The fourth-order valence-electron chi connectivity index (χ4n) is 2.54. The summed E-state index contributed by atoms with van der Waals surface area (Å²) in [4.78, 5) is 4.58. The third-order valence-electron chi connectivity index (χ3n) is 3.87. The van der Waals surface area contributed by atoms with E-state index in [-0.39, 0.29) is 6.79 Å². The molecule has 0 radical (unpaired) electrons. The van der Waals surface area contributed by atoms with Crippen molar-refractivity contribution in [3.05, 3.63) is 23.8 Å². The molecular formula is C16H23N3O3S. The molecule has 7 heteroatoms. The number of rotatable bonds is 5. The van der Waals surface area contributed by atoms with Crippen LogP contribution < -0.4 is 20.1 Å². The zero-order valence-electron chi connectivity index (χ0n) is 13.3. The van der Waals surface area contributed by atoms with E-state index in [1.807, 2.05) is 25.1 Å². The monoisotopic (exact) mass is 337 g/mol. The molecule has 6 nitrogen and oxygen atoms in total. The van der Waals surface area contributed by atoms with Gasteiger partial charge in [-0.3, -0.25) is 0 Å². The van der Waals surface area contributed by atoms with Crippen LogP contribution in [0.25, 0.3) is 0 Å². The molecule has 1 unspecified atom stereocenters. The molecule has 0 bridgehead atoms. The van der Waals surface area contributed by atoms with Crippen LogP contribution in [0.1, 0.15) is 18.9 Å². The Morgan fingerprint density at radius 2 is 2.22 bits per heavy atom. The van der Waals surface area contributed by atoms with Crippen molar-refractivity contribution in [1.29, 1.82) is 0 Å². The van der Waals surface area contributed by atoms with Crippen LogP contribution in [-0.4, -0.2) is 48.1 Å². The molecule has 1 aromatic rings. The summed E-state index contributed by atoms with van der Waals surface area (Å²) >= 11 is 1.79. The first-order valence-corrected chi connectivity index (χ1v) is 9.05. The largest absolute Gasteiger partial charge is 0.454 e. The molecule has 1 fully saturated rings. The van der Waals surface area contributed by atoms with Gasteiger partial charge >= 0.3 is 0 Å². The minimum atomic E-state index is -0.625. The molecule has 2 heterocycles. The lowest BCUT2D eigenvalue weighted by Gasteiger charge is -2.23. The molecule has 0 amide bonds. The number of hydrogen-bond donors (Lipinski definition) is 3. The third kappa shape index (κ3) is 4.23. The van der Waals surface area contributed by atoms with E-state index in [9.17, 15) is 5.11 Å².